The molecule has 0 unspecified atom stereocenters. The smallest absolute Gasteiger partial charge is 0.263 e. The van der Waals surface area contributed by atoms with Crippen molar-refractivity contribution < 1.29 is 14.1 Å². The molecule has 1 aliphatic heterocycles. The minimum Gasteiger partial charge on any atom is -0.494 e. The van der Waals surface area contributed by atoms with Gasteiger partial charge in [-0.2, -0.15) is 4.98 Å². The third kappa shape index (κ3) is 5.43. The zero-order valence-electron chi connectivity index (χ0n) is 19.9. The Bertz CT molecular complexity index is 1100. The highest BCUT2D eigenvalue weighted by atomic mass is 16.5. The van der Waals surface area contributed by atoms with Crippen LogP contribution in [0.25, 0.3) is 11.1 Å². The molecular weight excluding hydrogens is 418 g/mol. The number of aromatic nitrogens is 3. The Balaban J connectivity index is 1.45. The average molecular weight is 452 g/mol. The molecule has 8 nitrogen and oxygen atoms in total. The zero-order valence-corrected chi connectivity index (χ0v) is 19.9. The molecule has 0 spiro atoms. The lowest BCUT2D eigenvalue weighted by Gasteiger charge is -2.36. The minimum atomic E-state index is -0.0551. The molecule has 1 aliphatic rings. The summed E-state index contributed by atoms with van der Waals surface area (Å²) in [4.78, 5) is 24.3. The van der Waals surface area contributed by atoms with Crippen LogP contribution in [0.15, 0.2) is 28.8 Å². The molecule has 2 atom stereocenters. The maximum Gasteiger partial charge on any atom is 0.263 e. The molecule has 176 valence electrons. The number of aryl methyl sites for hydroxylation is 2. The van der Waals surface area contributed by atoms with E-state index in [0.29, 0.717) is 49.4 Å². The first kappa shape index (κ1) is 23.0. The second-order valence-corrected chi connectivity index (χ2v) is 9.08. The highest BCUT2D eigenvalue weighted by molar-refractivity contribution is 5.88. The third-order valence-electron chi connectivity index (χ3n) is 6.03. The van der Waals surface area contributed by atoms with Crippen LogP contribution in [-0.4, -0.2) is 40.7 Å². The highest BCUT2D eigenvalue weighted by Gasteiger charge is 2.27. The van der Waals surface area contributed by atoms with Crippen molar-refractivity contribution in [2.24, 2.45) is 11.8 Å². The summed E-state index contributed by atoms with van der Waals surface area (Å²) in [7, 11) is 0. The maximum atomic E-state index is 12.5. The summed E-state index contributed by atoms with van der Waals surface area (Å²) in [5.41, 5.74) is 2.24. The Kier molecular flexibility index (Phi) is 7.11. The Labute approximate surface area is 194 Å². The maximum absolute atomic E-state index is 12.5. The number of hydrogen-bond donors (Lipinski definition) is 1. The van der Waals surface area contributed by atoms with Crippen molar-refractivity contribution in [2.75, 3.05) is 24.6 Å². The Morgan fingerprint density at radius 1 is 1.21 bits per heavy atom. The first-order valence-corrected chi connectivity index (χ1v) is 11.8. The molecule has 0 radical (unpaired) electrons. The highest BCUT2D eigenvalue weighted by Crippen LogP contribution is 2.32. The third-order valence-corrected chi connectivity index (χ3v) is 6.03. The van der Waals surface area contributed by atoms with Gasteiger partial charge in [0.25, 0.3) is 5.71 Å². The fourth-order valence-electron chi connectivity index (χ4n) is 4.64. The van der Waals surface area contributed by atoms with Gasteiger partial charge in [-0.25, -0.2) is 4.98 Å². The van der Waals surface area contributed by atoms with Crippen molar-refractivity contribution in [3.63, 3.8) is 0 Å². The van der Waals surface area contributed by atoms with Crippen LogP contribution < -0.4 is 15.0 Å². The quantitative estimate of drug-likeness (QED) is 0.552. The van der Waals surface area contributed by atoms with Crippen molar-refractivity contribution in [3.05, 3.63) is 41.3 Å². The van der Waals surface area contributed by atoms with E-state index in [1.54, 1.807) is 0 Å². The molecule has 1 N–H and O–H groups in total. The molecule has 0 bridgehead atoms. The summed E-state index contributed by atoms with van der Waals surface area (Å²) in [5, 5.41) is 7.97. The topological polar surface area (TPSA) is 93.4 Å². The van der Waals surface area contributed by atoms with E-state index in [-0.39, 0.29) is 5.91 Å². The molecular formula is C25H33N5O3. The van der Waals surface area contributed by atoms with Crippen LogP contribution in [0.3, 0.4) is 0 Å². The number of rotatable bonds is 8. The lowest BCUT2D eigenvalue weighted by Crippen LogP contribution is -2.39. The number of fused-ring (bicyclic) bond motifs is 1. The normalized spacial score (nSPS) is 18.5. The molecule has 0 saturated carbocycles. The second kappa shape index (κ2) is 10.2. The van der Waals surface area contributed by atoms with Crippen LogP contribution in [0.1, 0.15) is 50.7 Å². The van der Waals surface area contributed by atoms with Crippen molar-refractivity contribution in [1.29, 1.82) is 0 Å². The van der Waals surface area contributed by atoms with Crippen LogP contribution in [0.4, 0.5) is 5.82 Å². The summed E-state index contributed by atoms with van der Waals surface area (Å²) < 4.78 is 11.1. The molecule has 2 aromatic heterocycles. The number of nitrogens with one attached hydrogen (secondary N) is 1. The van der Waals surface area contributed by atoms with Gasteiger partial charge in [-0.1, -0.05) is 37.2 Å². The van der Waals surface area contributed by atoms with Gasteiger partial charge in [0.05, 0.1) is 12.3 Å². The SMILES string of the molecule is CCOc1ccccc1CNC(=O)CCc1nc(N2C[C@H](C)C[C@H](C)C2)c2c(C)noc2n1. The minimum absolute atomic E-state index is 0.0551. The van der Waals surface area contributed by atoms with Gasteiger partial charge in [0, 0.05) is 38.0 Å². The number of hydrogen-bond acceptors (Lipinski definition) is 7. The van der Waals surface area contributed by atoms with Crippen molar-refractivity contribution >= 4 is 22.8 Å². The van der Waals surface area contributed by atoms with Crippen LogP contribution in [0.2, 0.25) is 0 Å². The number of nitrogens with zero attached hydrogens (tertiary/aromatic N) is 4. The van der Waals surface area contributed by atoms with Crippen LogP contribution in [0.5, 0.6) is 5.75 Å². The van der Waals surface area contributed by atoms with Crippen molar-refractivity contribution in [2.45, 2.75) is 53.5 Å². The van der Waals surface area contributed by atoms with Gasteiger partial charge >= 0.3 is 0 Å². The van der Waals surface area contributed by atoms with E-state index in [9.17, 15) is 4.79 Å². The molecule has 1 saturated heterocycles. The number of amides is 1. The predicted molar refractivity (Wildman–Crippen MR) is 127 cm³/mol. The molecule has 0 aliphatic carbocycles. The largest absolute Gasteiger partial charge is 0.494 e. The predicted octanol–water partition coefficient (Wildman–Crippen LogP) is 4.06. The zero-order chi connectivity index (χ0) is 23.4. The van der Waals surface area contributed by atoms with Crippen LogP contribution in [-0.2, 0) is 17.8 Å². The summed E-state index contributed by atoms with van der Waals surface area (Å²) in [6.45, 7) is 11.3. The number of ether oxygens (including phenoxy) is 1. The molecule has 3 heterocycles. The first-order chi connectivity index (χ1) is 15.9. The van der Waals surface area contributed by atoms with E-state index in [1.807, 2.05) is 38.1 Å². The lowest BCUT2D eigenvalue weighted by atomic mass is 9.92. The average Bonchev–Trinajstić information content (AvgIpc) is 3.17. The number of para-hydroxylation sites is 1. The Morgan fingerprint density at radius 3 is 2.73 bits per heavy atom. The van der Waals surface area contributed by atoms with Gasteiger partial charge in [0.15, 0.2) is 0 Å². The van der Waals surface area contributed by atoms with E-state index < -0.39 is 0 Å². The second-order valence-electron chi connectivity index (χ2n) is 9.08. The number of carbonyl (C=O) groups excluding carboxylic acids is 1. The van der Waals surface area contributed by atoms with E-state index in [2.05, 4.69) is 34.2 Å². The number of carbonyl (C=O) groups is 1. The monoisotopic (exact) mass is 451 g/mol. The number of benzene rings is 1. The molecule has 33 heavy (non-hydrogen) atoms. The molecule has 1 amide bonds. The summed E-state index contributed by atoms with van der Waals surface area (Å²) >= 11 is 0. The van der Waals surface area contributed by atoms with Gasteiger partial charge in [0.1, 0.15) is 22.8 Å². The van der Waals surface area contributed by atoms with Crippen molar-refractivity contribution in [3.8, 4) is 5.75 Å². The van der Waals surface area contributed by atoms with E-state index in [0.717, 1.165) is 41.3 Å². The van der Waals surface area contributed by atoms with E-state index >= 15 is 0 Å². The molecule has 1 aromatic carbocycles. The lowest BCUT2D eigenvalue weighted by molar-refractivity contribution is -0.121. The first-order valence-electron chi connectivity index (χ1n) is 11.8. The summed E-state index contributed by atoms with van der Waals surface area (Å²) in [6, 6.07) is 7.74. The standard InChI is InChI=1S/C25H33N5O3/c1-5-32-20-9-7-6-8-19(20)13-26-22(31)11-10-21-27-24(23-18(4)29-33-25(23)28-21)30-14-16(2)12-17(3)15-30/h6-9,16-17H,5,10-15H2,1-4H3,(H,26,31)/t16-,17+. The Morgan fingerprint density at radius 2 is 1.97 bits per heavy atom. The number of anilines is 1. The summed E-state index contributed by atoms with van der Waals surface area (Å²) in [6.07, 6.45) is 1.94. The van der Waals surface area contributed by atoms with Gasteiger partial charge < -0.3 is 19.5 Å². The van der Waals surface area contributed by atoms with Gasteiger partial charge in [0.2, 0.25) is 5.91 Å². The van der Waals surface area contributed by atoms with E-state index in [1.165, 1.54) is 6.42 Å². The fraction of sp³-hybridized carbons (Fsp3) is 0.520. The fourth-order valence-corrected chi connectivity index (χ4v) is 4.64. The Hall–Kier alpha value is -3.16. The molecule has 1 fully saturated rings. The molecule has 3 aromatic rings. The van der Waals surface area contributed by atoms with Gasteiger partial charge in [-0.15, -0.1) is 0 Å². The van der Waals surface area contributed by atoms with E-state index in [4.69, 9.17) is 14.2 Å². The molecule has 8 heteroatoms. The number of piperidine rings is 1. The van der Waals surface area contributed by atoms with Crippen LogP contribution in [0, 0.1) is 18.8 Å². The van der Waals surface area contributed by atoms with Crippen molar-refractivity contribution in [1.82, 2.24) is 20.4 Å². The summed E-state index contributed by atoms with van der Waals surface area (Å²) in [5.74, 6) is 3.40. The van der Waals surface area contributed by atoms with Crippen LogP contribution >= 0.6 is 0 Å². The van der Waals surface area contributed by atoms with Gasteiger partial charge in [-0.3, -0.25) is 4.79 Å². The molecule has 4 rings (SSSR count). The van der Waals surface area contributed by atoms with Gasteiger partial charge in [-0.05, 0) is 38.2 Å².